The molecule has 0 unspecified atom stereocenters. The van der Waals surface area contributed by atoms with Crippen molar-refractivity contribution >= 4 is 40.0 Å². The Bertz CT molecular complexity index is 429. The molecule has 0 aliphatic rings. The molecule has 0 spiro atoms. The van der Waals surface area contributed by atoms with Crippen LogP contribution in [0.25, 0.3) is 0 Å². The molecule has 1 N–H and O–H groups in total. The number of hydrogen-bond donors (Lipinski definition) is 1. The lowest BCUT2D eigenvalue weighted by Crippen LogP contribution is -2.14. The van der Waals surface area contributed by atoms with Crippen LogP contribution in [0.2, 0.25) is 0 Å². The van der Waals surface area contributed by atoms with E-state index in [-0.39, 0.29) is 11.9 Å². The molecule has 0 aliphatic carbocycles. The Kier molecular flexibility index (Phi) is 6.21. The second-order valence-electron chi connectivity index (χ2n) is 3.61. The third-order valence-corrected chi connectivity index (χ3v) is 3.72. The summed E-state index contributed by atoms with van der Waals surface area (Å²) in [4.78, 5) is 24.3. The number of aryl methyl sites for hydroxylation is 1. The van der Waals surface area contributed by atoms with E-state index in [1.807, 2.05) is 13.2 Å². The summed E-state index contributed by atoms with van der Waals surface area (Å²) in [5.41, 5.74) is 0.442. The highest BCUT2D eigenvalue weighted by atomic mass is 32.2. The van der Waals surface area contributed by atoms with Gasteiger partial charge in [-0.1, -0.05) is 0 Å². The number of esters is 1. The first-order chi connectivity index (χ1) is 8.58. The summed E-state index contributed by atoms with van der Waals surface area (Å²) in [6.45, 7) is 3.98. The number of anilines is 1. The van der Waals surface area contributed by atoms with Crippen LogP contribution in [-0.2, 0) is 9.53 Å². The lowest BCUT2D eigenvalue weighted by atomic mass is 10.3. The molecule has 1 amide bonds. The van der Waals surface area contributed by atoms with Crippen molar-refractivity contribution in [3.05, 3.63) is 16.5 Å². The maximum absolute atomic E-state index is 11.7. The van der Waals surface area contributed by atoms with Crippen molar-refractivity contribution in [2.24, 2.45) is 0 Å². The van der Waals surface area contributed by atoms with Crippen molar-refractivity contribution in [1.29, 1.82) is 0 Å². The largest absolute Gasteiger partial charge is 0.462 e. The van der Waals surface area contributed by atoms with Gasteiger partial charge in [-0.2, -0.15) is 11.8 Å². The highest BCUT2D eigenvalue weighted by Crippen LogP contribution is 2.28. The van der Waals surface area contributed by atoms with Crippen molar-refractivity contribution in [2.75, 3.05) is 23.9 Å². The van der Waals surface area contributed by atoms with Crippen molar-refractivity contribution < 1.29 is 14.3 Å². The monoisotopic (exact) mass is 287 g/mol. The second-order valence-corrected chi connectivity index (χ2v) is 5.85. The van der Waals surface area contributed by atoms with Gasteiger partial charge >= 0.3 is 5.97 Å². The van der Waals surface area contributed by atoms with Crippen LogP contribution in [0.15, 0.2) is 6.07 Å². The van der Waals surface area contributed by atoms with Crippen LogP contribution in [0.4, 0.5) is 5.00 Å². The van der Waals surface area contributed by atoms with E-state index in [1.165, 1.54) is 11.3 Å². The number of carbonyl (C=O) groups is 2. The Morgan fingerprint density at radius 3 is 2.83 bits per heavy atom. The fourth-order valence-electron chi connectivity index (χ4n) is 1.35. The molecular formula is C12H17NO3S2. The Labute approximate surface area is 115 Å². The molecule has 18 heavy (non-hydrogen) atoms. The Hall–Kier alpha value is -1.01. The lowest BCUT2D eigenvalue weighted by molar-refractivity contribution is -0.115. The number of rotatable bonds is 6. The van der Waals surface area contributed by atoms with Crippen LogP contribution in [-0.4, -0.2) is 30.5 Å². The van der Waals surface area contributed by atoms with Gasteiger partial charge in [0.2, 0.25) is 5.91 Å². The minimum absolute atomic E-state index is 0.0725. The van der Waals surface area contributed by atoms with E-state index in [4.69, 9.17) is 4.74 Å². The zero-order chi connectivity index (χ0) is 13.5. The quantitative estimate of drug-likeness (QED) is 0.817. The molecule has 1 rings (SSSR count). The Morgan fingerprint density at radius 1 is 1.50 bits per heavy atom. The number of thioether (sulfide) groups is 1. The van der Waals surface area contributed by atoms with Crippen molar-refractivity contribution in [2.45, 2.75) is 20.3 Å². The molecule has 0 fully saturated rings. The van der Waals surface area contributed by atoms with Crippen molar-refractivity contribution in [3.8, 4) is 0 Å². The first-order valence-corrected chi connectivity index (χ1v) is 7.85. The molecule has 6 heteroatoms. The summed E-state index contributed by atoms with van der Waals surface area (Å²) >= 11 is 3.01. The zero-order valence-electron chi connectivity index (χ0n) is 10.7. The van der Waals surface area contributed by atoms with Crippen LogP contribution in [0.1, 0.15) is 28.6 Å². The SMILES string of the molecule is CCOC(=O)c1cc(C)sc1NC(=O)CCSC. The molecule has 0 aromatic carbocycles. The van der Waals surface area contributed by atoms with E-state index < -0.39 is 0 Å². The van der Waals surface area contributed by atoms with Crippen molar-refractivity contribution in [3.63, 3.8) is 0 Å². The van der Waals surface area contributed by atoms with Gasteiger partial charge in [0.25, 0.3) is 0 Å². The van der Waals surface area contributed by atoms with E-state index in [0.717, 1.165) is 10.6 Å². The first-order valence-electron chi connectivity index (χ1n) is 5.64. The van der Waals surface area contributed by atoms with Crippen LogP contribution in [0, 0.1) is 6.92 Å². The fourth-order valence-corrected chi connectivity index (χ4v) is 2.66. The summed E-state index contributed by atoms with van der Waals surface area (Å²) in [5, 5.41) is 3.35. The van der Waals surface area contributed by atoms with Gasteiger partial charge < -0.3 is 10.1 Å². The minimum atomic E-state index is -0.387. The molecule has 0 radical (unpaired) electrons. The number of ether oxygens (including phenoxy) is 1. The van der Waals surface area contributed by atoms with E-state index in [1.54, 1.807) is 24.8 Å². The maximum Gasteiger partial charge on any atom is 0.341 e. The van der Waals surface area contributed by atoms with Crippen LogP contribution >= 0.6 is 23.1 Å². The molecule has 1 aromatic heterocycles. The van der Waals surface area contributed by atoms with Gasteiger partial charge in [-0.15, -0.1) is 11.3 Å². The number of carbonyl (C=O) groups excluding carboxylic acids is 2. The van der Waals surface area contributed by atoms with E-state index in [2.05, 4.69) is 5.32 Å². The minimum Gasteiger partial charge on any atom is -0.462 e. The lowest BCUT2D eigenvalue weighted by Gasteiger charge is -2.05. The number of nitrogens with one attached hydrogen (secondary N) is 1. The van der Waals surface area contributed by atoms with E-state index in [9.17, 15) is 9.59 Å². The standard InChI is InChI=1S/C12H17NO3S2/c1-4-16-12(15)9-7-8(2)18-11(9)13-10(14)5-6-17-3/h7H,4-6H2,1-3H3,(H,13,14). The molecule has 0 aliphatic heterocycles. The van der Waals surface area contributed by atoms with Gasteiger partial charge in [0.05, 0.1) is 12.2 Å². The predicted octanol–water partition coefficient (Wildman–Crippen LogP) is 2.92. The number of hydrogen-bond acceptors (Lipinski definition) is 5. The third-order valence-electron chi connectivity index (χ3n) is 2.14. The Morgan fingerprint density at radius 2 is 2.22 bits per heavy atom. The van der Waals surface area contributed by atoms with Gasteiger partial charge in [-0.25, -0.2) is 4.79 Å². The van der Waals surface area contributed by atoms with Crippen LogP contribution in [0.5, 0.6) is 0 Å². The van der Waals surface area contributed by atoms with Gasteiger partial charge in [0.15, 0.2) is 0 Å². The maximum atomic E-state index is 11.7. The average Bonchev–Trinajstić information content (AvgIpc) is 2.68. The first kappa shape index (κ1) is 15.0. The molecule has 1 aromatic rings. The summed E-state index contributed by atoms with van der Waals surface area (Å²) < 4.78 is 4.96. The predicted molar refractivity (Wildman–Crippen MR) is 76.6 cm³/mol. The molecule has 0 bridgehead atoms. The van der Waals surface area contributed by atoms with Gasteiger partial charge in [-0.05, 0) is 26.2 Å². The van der Waals surface area contributed by atoms with Crippen molar-refractivity contribution in [1.82, 2.24) is 0 Å². The Balaban J connectivity index is 2.75. The summed E-state index contributed by atoms with van der Waals surface area (Å²) in [5.74, 6) is 0.309. The topological polar surface area (TPSA) is 55.4 Å². The highest BCUT2D eigenvalue weighted by Gasteiger charge is 2.17. The smallest absolute Gasteiger partial charge is 0.341 e. The zero-order valence-corrected chi connectivity index (χ0v) is 12.4. The van der Waals surface area contributed by atoms with E-state index >= 15 is 0 Å². The van der Waals surface area contributed by atoms with Gasteiger partial charge in [-0.3, -0.25) is 4.79 Å². The number of amides is 1. The van der Waals surface area contributed by atoms with Gasteiger partial charge in [0.1, 0.15) is 5.00 Å². The van der Waals surface area contributed by atoms with Gasteiger partial charge in [0, 0.05) is 17.1 Å². The average molecular weight is 287 g/mol. The van der Waals surface area contributed by atoms with E-state index in [0.29, 0.717) is 23.6 Å². The summed E-state index contributed by atoms with van der Waals surface area (Å²) in [6, 6.07) is 1.74. The molecular weight excluding hydrogens is 270 g/mol. The molecule has 1 heterocycles. The third kappa shape index (κ3) is 4.34. The van der Waals surface area contributed by atoms with Crippen LogP contribution in [0.3, 0.4) is 0 Å². The van der Waals surface area contributed by atoms with Crippen LogP contribution < -0.4 is 5.32 Å². The normalized spacial score (nSPS) is 10.2. The number of thiophene rings is 1. The molecule has 0 atom stereocenters. The summed E-state index contributed by atoms with van der Waals surface area (Å²) in [6.07, 6.45) is 2.40. The fraction of sp³-hybridized carbons (Fsp3) is 0.500. The summed E-state index contributed by atoms with van der Waals surface area (Å²) in [7, 11) is 0. The molecule has 4 nitrogen and oxygen atoms in total. The molecule has 0 saturated heterocycles. The highest BCUT2D eigenvalue weighted by molar-refractivity contribution is 7.98. The second kappa shape index (κ2) is 7.43. The molecule has 100 valence electrons. The molecule has 0 saturated carbocycles.